The number of fused-ring (bicyclic) bond motifs is 3. The number of hydrogen-bond acceptors (Lipinski definition) is 6. The lowest BCUT2D eigenvalue weighted by atomic mass is 10.0. The van der Waals surface area contributed by atoms with E-state index < -0.39 is 11.9 Å². The predicted octanol–water partition coefficient (Wildman–Crippen LogP) is 4.66. The van der Waals surface area contributed by atoms with Gasteiger partial charge in [-0.2, -0.15) is 0 Å². The molecule has 0 N–H and O–H groups in total. The van der Waals surface area contributed by atoms with Crippen LogP contribution in [0.1, 0.15) is 17.5 Å². The van der Waals surface area contributed by atoms with E-state index in [1.807, 2.05) is 25.1 Å². The molecular formula is C23H22O6. The fraction of sp³-hybridized carbons (Fsp3) is 0.217. The number of carbonyl (C=O) groups excluding carboxylic acids is 2. The Morgan fingerprint density at radius 3 is 2.41 bits per heavy atom. The molecule has 3 rings (SSSR count). The van der Waals surface area contributed by atoms with Crippen molar-refractivity contribution in [3.63, 3.8) is 0 Å². The fourth-order valence-corrected chi connectivity index (χ4v) is 3.21. The predicted molar refractivity (Wildman–Crippen MR) is 110 cm³/mol. The first-order valence-corrected chi connectivity index (χ1v) is 9.15. The zero-order valence-electron chi connectivity index (χ0n) is 16.4. The number of esters is 2. The van der Waals surface area contributed by atoms with Crippen molar-refractivity contribution in [2.75, 3.05) is 13.7 Å². The largest absolute Gasteiger partial charge is 0.493 e. The lowest BCUT2D eigenvalue weighted by Gasteiger charge is -2.09. The summed E-state index contributed by atoms with van der Waals surface area (Å²) in [5, 5.41) is 1.81. The Morgan fingerprint density at radius 1 is 1.03 bits per heavy atom. The second-order valence-electron chi connectivity index (χ2n) is 6.40. The summed E-state index contributed by atoms with van der Waals surface area (Å²) in [6, 6.07) is 7.55. The molecule has 0 radical (unpaired) electrons. The standard InChI is InChI=1S/C23H22O6/c1-5-19(24)27-13-7-8-15-9-10-17-16-11-12-18(28-20(25)6-2)14(3)21(16)29-23(17)22(15)26-4/h5-6,9-12H,1-2,7-8,13H2,3-4H3. The van der Waals surface area contributed by atoms with E-state index in [2.05, 4.69) is 13.2 Å². The summed E-state index contributed by atoms with van der Waals surface area (Å²) in [5.41, 5.74) is 2.92. The third kappa shape index (κ3) is 4.01. The molecule has 1 aromatic heterocycles. The molecule has 3 aromatic rings. The van der Waals surface area contributed by atoms with Crippen molar-refractivity contribution < 1.29 is 28.2 Å². The van der Waals surface area contributed by atoms with Crippen LogP contribution in [0.5, 0.6) is 11.5 Å². The van der Waals surface area contributed by atoms with Crippen molar-refractivity contribution in [2.24, 2.45) is 0 Å². The highest BCUT2D eigenvalue weighted by atomic mass is 16.5. The molecule has 0 aliphatic carbocycles. The molecule has 29 heavy (non-hydrogen) atoms. The second-order valence-corrected chi connectivity index (χ2v) is 6.40. The summed E-state index contributed by atoms with van der Waals surface area (Å²) in [6.45, 7) is 8.91. The molecule has 6 nitrogen and oxygen atoms in total. The third-order valence-electron chi connectivity index (χ3n) is 4.63. The number of hydrogen-bond donors (Lipinski definition) is 0. The molecule has 1 heterocycles. The highest BCUT2D eigenvalue weighted by Crippen LogP contribution is 2.40. The smallest absolute Gasteiger partial charge is 0.335 e. The van der Waals surface area contributed by atoms with Gasteiger partial charge >= 0.3 is 11.9 Å². The van der Waals surface area contributed by atoms with Gasteiger partial charge in [0.1, 0.15) is 11.3 Å². The molecule has 2 aromatic carbocycles. The molecular weight excluding hydrogens is 372 g/mol. The molecule has 0 spiro atoms. The molecule has 0 saturated heterocycles. The van der Waals surface area contributed by atoms with Gasteiger partial charge in [0.25, 0.3) is 0 Å². The maximum Gasteiger partial charge on any atom is 0.335 e. The first-order chi connectivity index (χ1) is 14.0. The Bertz CT molecular complexity index is 1110. The van der Waals surface area contributed by atoms with Crippen LogP contribution < -0.4 is 9.47 Å². The van der Waals surface area contributed by atoms with Crippen molar-refractivity contribution in [2.45, 2.75) is 19.8 Å². The Labute approximate surface area is 168 Å². The van der Waals surface area contributed by atoms with E-state index in [4.69, 9.17) is 18.6 Å². The minimum atomic E-state index is -0.527. The minimum Gasteiger partial charge on any atom is -0.493 e. The van der Waals surface area contributed by atoms with E-state index in [0.717, 1.165) is 28.5 Å². The molecule has 0 fully saturated rings. The second kappa shape index (κ2) is 8.65. The minimum absolute atomic E-state index is 0.295. The molecule has 0 bridgehead atoms. The van der Waals surface area contributed by atoms with Crippen LogP contribution in [0.25, 0.3) is 21.9 Å². The maximum atomic E-state index is 11.5. The van der Waals surface area contributed by atoms with E-state index in [9.17, 15) is 9.59 Å². The number of carbonyl (C=O) groups is 2. The van der Waals surface area contributed by atoms with Crippen LogP contribution in [0.2, 0.25) is 0 Å². The van der Waals surface area contributed by atoms with Crippen molar-refractivity contribution in [1.29, 1.82) is 0 Å². The number of methoxy groups -OCH3 is 1. The van der Waals surface area contributed by atoms with E-state index in [1.54, 1.807) is 13.2 Å². The van der Waals surface area contributed by atoms with Gasteiger partial charge in [0.15, 0.2) is 11.3 Å². The van der Waals surface area contributed by atoms with Gasteiger partial charge in [-0.3, -0.25) is 0 Å². The zero-order valence-corrected chi connectivity index (χ0v) is 16.4. The molecule has 0 saturated carbocycles. The third-order valence-corrected chi connectivity index (χ3v) is 4.63. The number of benzene rings is 2. The van der Waals surface area contributed by atoms with E-state index >= 15 is 0 Å². The summed E-state index contributed by atoms with van der Waals surface area (Å²) in [5.74, 6) is 0.0937. The molecule has 0 amide bonds. The monoisotopic (exact) mass is 394 g/mol. The first kappa shape index (κ1) is 20.2. The highest BCUT2D eigenvalue weighted by molar-refractivity contribution is 6.08. The Morgan fingerprint density at radius 2 is 1.72 bits per heavy atom. The van der Waals surface area contributed by atoms with Gasteiger partial charge in [0, 0.05) is 28.5 Å². The zero-order chi connectivity index (χ0) is 21.0. The summed E-state index contributed by atoms with van der Waals surface area (Å²) in [6.07, 6.45) is 3.55. The number of rotatable bonds is 8. The number of aryl methyl sites for hydroxylation is 2. The van der Waals surface area contributed by atoms with Crippen molar-refractivity contribution >= 4 is 33.9 Å². The van der Waals surface area contributed by atoms with Crippen molar-refractivity contribution in [3.8, 4) is 11.5 Å². The number of ether oxygens (including phenoxy) is 3. The highest BCUT2D eigenvalue weighted by Gasteiger charge is 2.18. The van der Waals surface area contributed by atoms with Crippen LogP contribution in [0.15, 0.2) is 54.0 Å². The average Bonchev–Trinajstić information content (AvgIpc) is 3.11. The molecule has 0 aliphatic heterocycles. The Kier molecular flexibility index (Phi) is 6.02. The summed E-state index contributed by atoms with van der Waals surface area (Å²) in [7, 11) is 1.59. The maximum absolute atomic E-state index is 11.5. The SMILES string of the molecule is C=CC(=O)OCCCc1ccc2c(oc3c(C)c(OC(=O)C=C)ccc32)c1OC. The van der Waals surface area contributed by atoms with Crippen LogP contribution in [-0.2, 0) is 20.7 Å². The molecule has 0 atom stereocenters. The normalized spacial score (nSPS) is 10.7. The van der Waals surface area contributed by atoms with Crippen molar-refractivity contribution in [1.82, 2.24) is 0 Å². The lowest BCUT2D eigenvalue weighted by molar-refractivity contribution is -0.137. The lowest BCUT2D eigenvalue weighted by Crippen LogP contribution is -2.04. The topological polar surface area (TPSA) is 75.0 Å². The molecule has 6 heteroatoms. The van der Waals surface area contributed by atoms with Crippen LogP contribution in [0.3, 0.4) is 0 Å². The molecule has 150 valence electrons. The average molecular weight is 394 g/mol. The summed E-state index contributed by atoms with van der Waals surface area (Å²) < 4.78 is 22.0. The van der Waals surface area contributed by atoms with Gasteiger partial charge in [-0.05, 0) is 43.5 Å². The van der Waals surface area contributed by atoms with Crippen LogP contribution in [0, 0.1) is 6.92 Å². The van der Waals surface area contributed by atoms with Gasteiger partial charge in [0.05, 0.1) is 13.7 Å². The molecule has 0 aliphatic rings. The Hall–Kier alpha value is -3.54. The Balaban J connectivity index is 1.96. The van der Waals surface area contributed by atoms with Crippen molar-refractivity contribution in [3.05, 3.63) is 60.7 Å². The van der Waals surface area contributed by atoms with E-state index in [1.165, 1.54) is 0 Å². The van der Waals surface area contributed by atoms with Crippen LogP contribution in [-0.4, -0.2) is 25.7 Å². The van der Waals surface area contributed by atoms with Gasteiger partial charge in [-0.15, -0.1) is 0 Å². The number of furan rings is 1. The summed E-state index contributed by atoms with van der Waals surface area (Å²) >= 11 is 0. The molecule has 0 unspecified atom stereocenters. The van der Waals surface area contributed by atoms with Crippen LogP contribution in [0.4, 0.5) is 0 Å². The van der Waals surface area contributed by atoms with Gasteiger partial charge < -0.3 is 18.6 Å². The first-order valence-electron chi connectivity index (χ1n) is 9.15. The van der Waals surface area contributed by atoms with Gasteiger partial charge in [0.2, 0.25) is 0 Å². The van der Waals surface area contributed by atoms with Gasteiger partial charge in [-0.25, -0.2) is 9.59 Å². The van der Waals surface area contributed by atoms with E-state index in [0.29, 0.717) is 47.7 Å². The van der Waals surface area contributed by atoms with Gasteiger partial charge in [-0.1, -0.05) is 19.2 Å². The quantitative estimate of drug-likeness (QED) is 0.239. The fourth-order valence-electron chi connectivity index (χ4n) is 3.21. The van der Waals surface area contributed by atoms with Crippen LogP contribution >= 0.6 is 0 Å². The summed E-state index contributed by atoms with van der Waals surface area (Å²) in [4.78, 5) is 22.7. The van der Waals surface area contributed by atoms with E-state index in [-0.39, 0.29) is 0 Å².